The molecule has 1 N–H and O–H groups in total. The van der Waals surface area contributed by atoms with Crippen molar-refractivity contribution >= 4 is 5.91 Å². The first-order valence-electron chi connectivity index (χ1n) is 7.13. The highest BCUT2D eigenvalue weighted by molar-refractivity contribution is 5.78. The molecule has 20 heavy (non-hydrogen) atoms. The number of imidazole rings is 1. The van der Waals surface area contributed by atoms with E-state index in [1.165, 1.54) is 5.69 Å². The molecular weight excluding hydrogens is 250 g/mol. The molecule has 1 aliphatic heterocycles. The van der Waals surface area contributed by atoms with Gasteiger partial charge in [0.15, 0.2) is 0 Å². The SMILES string of the molecule is O=C(Cc1ccccc1)N1CCC(c2cnc[nH]2)CC1. The average molecular weight is 269 g/mol. The Morgan fingerprint density at radius 3 is 2.65 bits per heavy atom. The van der Waals surface area contributed by atoms with E-state index in [0.29, 0.717) is 12.3 Å². The number of carbonyl (C=O) groups excluding carboxylic acids is 1. The minimum Gasteiger partial charge on any atom is -0.348 e. The van der Waals surface area contributed by atoms with Crippen LogP contribution in [0.2, 0.25) is 0 Å². The summed E-state index contributed by atoms with van der Waals surface area (Å²) in [6.07, 6.45) is 6.16. The zero-order valence-electron chi connectivity index (χ0n) is 11.5. The zero-order chi connectivity index (χ0) is 13.8. The maximum atomic E-state index is 12.3. The van der Waals surface area contributed by atoms with E-state index in [0.717, 1.165) is 31.5 Å². The molecule has 0 saturated carbocycles. The molecule has 0 aliphatic carbocycles. The number of nitrogens with one attached hydrogen (secondary N) is 1. The fourth-order valence-electron chi connectivity index (χ4n) is 2.81. The van der Waals surface area contributed by atoms with E-state index in [9.17, 15) is 4.79 Å². The molecule has 1 amide bonds. The Kier molecular flexibility index (Phi) is 3.81. The Hall–Kier alpha value is -2.10. The van der Waals surface area contributed by atoms with Crippen LogP contribution in [0.25, 0.3) is 0 Å². The minimum atomic E-state index is 0.235. The van der Waals surface area contributed by atoms with Crippen LogP contribution in [0.15, 0.2) is 42.9 Å². The third-order valence-corrected chi connectivity index (χ3v) is 4.01. The van der Waals surface area contributed by atoms with E-state index in [2.05, 4.69) is 9.97 Å². The van der Waals surface area contributed by atoms with Gasteiger partial charge < -0.3 is 9.88 Å². The van der Waals surface area contributed by atoms with Crippen molar-refractivity contribution in [3.8, 4) is 0 Å². The number of carbonyl (C=O) groups is 1. The maximum absolute atomic E-state index is 12.3. The summed E-state index contributed by atoms with van der Waals surface area (Å²) in [5.41, 5.74) is 2.29. The number of H-pyrrole nitrogens is 1. The van der Waals surface area contributed by atoms with Crippen molar-refractivity contribution < 1.29 is 4.79 Å². The molecule has 1 aromatic heterocycles. The molecule has 1 aliphatic rings. The van der Waals surface area contributed by atoms with E-state index < -0.39 is 0 Å². The fourth-order valence-corrected chi connectivity index (χ4v) is 2.81. The minimum absolute atomic E-state index is 0.235. The molecule has 1 aromatic carbocycles. The number of hydrogen-bond acceptors (Lipinski definition) is 2. The second-order valence-corrected chi connectivity index (χ2v) is 5.32. The summed E-state index contributed by atoms with van der Waals surface area (Å²) >= 11 is 0. The highest BCUT2D eigenvalue weighted by atomic mass is 16.2. The van der Waals surface area contributed by atoms with Gasteiger partial charge in [0.05, 0.1) is 12.7 Å². The van der Waals surface area contributed by atoms with E-state index in [4.69, 9.17) is 0 Å². The van der Waals surface area contributed by atoms with E-state index >= 15 is 0 Å². The van der Waals surface area contributed by atoms with Crippen molar-refractivity contribution in [2.45, 2.75) is 25.2 Å². The molecule has 0 unspecified atom stereocenters. The Bertz CT molecular complexity index is 542. The van der Waals surface area contributed by atoms with Gasteiger partial charge in [-0.15, -0.1) is 0 Å². The van der Waals surface area contributed by atoms with Crippen molar-refractivity contribution in [1.29, 1.82) is 0 Å². The van der Waals surface area contributed by atoms with Crippen molar-refractivity contribution in [2.75, 3.05) is 13.1 Å². The van der Waals surface area contributed by atoms with Crippen LogP contribution in [-0.4, -0.2) is 33.9 Å². The Morgan fingerprint density at radius 2 is 2.00 bits per heavy atom. The van der Waals surface area contributed by atoms with Gasteiger partial charge in [-0.05, 0) is 18.4 Å². The smallest absolute Gasteiger partial charge is 0.226 e. The van der Waals surface area contributed by atoms with Gasteiger partial charge >= 0.3 is 0 Å². The second kappa shape index (κ2) is 5.90. The summed E-state index contributed by atoms with van der Waals surface area (Å²) < 4.78 is 0. The van der Waals surface area contributed by atoms with Gasteiger partial charge in [0.1, 0.15) is 0 Å². The largest absolute Gasteiger partial charge is 0.348 e. The summed E-state index contributed by atoms with van der Waals surface area (Å²) in [5, 5.41) is 0. The first-order valence-corrected chi connectivity index (χ1v) is 7.13. The highest BCUT2D eigenvalue weighted by Gasteiger charge is 2.24. The van der Waals surface area contributed by atoms with Gasteiger partial charge in [0.2, 0.25) is 5.91 Å². The maximum Gasteiger partial charge on any atom is 0.226 e. The van der Waals surface area contributed by atoms with Gasteiger partial charge in [-0.1, -0.05) is 30.3 Å². The molecule has 104 valence electrons. The standard InChI is InChI=1S/C16H19N3O/c20-16(10-13-4-2-1-3-5-13)19-8-6-14(7-9-19)15-11-17-12-18-15/h1-5,11-12,14H,6-10H2,(H,17,18). The summed E-state index contributed by atoms with van der Waals surface area (Å²) in [4.78, 5) is 21.5. The molecule has 0 bridgehead atoms. The summed E-state index contributed by atoms with van der Waals surface area (Å²) in [6, 6.07) is 9.95. The van der Waals surface area contributed by atoms with Crippen molar-refractivity contribution in [2.24, 2.45) is 0 Å². The lowest BCUT2D eigenvalue weighted by Gasteiger charge is -2.31. The molecule has 0 radical (unpaired) electrons. The van der Waals surface area contributed by atoms with Crippen LogP contribution in [0, 0.1) is 0 Å². The van der Waals surface area contributed by atoms with Crippen LogP contribution in [0.5, 0.6) is 0 Å². The van der Waals surface area contributed by atoms with Crippen LogP contribution in [0.3, 0.4) is 0 Å². The predicted octanol–water partition coefficient (Wildman–Crippen LogP) is 2.36. The van der Waals surface area contributed by atoms with Crippen LogP contribution in [-0.2, 0) is 11.2 Å². The molecular formula is C16H19N3O. The number of likely N-dealkylation sites (tertiary alicyclic amines) is 1. The number of rotatable bonds is 3. The lowest BCUT2D eigenvalue weighted by molar-refractivity contribution is -0.131. The fraction of sp³-hybridized carbons (Fsp3) is 0.375. The van der Waals surface area contributed by atoms with E-state index in [-0.39, 0.29) is 5.91 Å². The Morgan fingerprint density at radius 1 is 1.25 bits per heavy atom. The van der Waals surface area contributed by atoms with E-state index in [1.807, 2.05) is 41.4 Å². The molecule has 0 atom stereocenters. The van der Waals surface area contributed by atoms with Crippen LogP contribution in [0.1, 0.15) is 30.0 Å². The quantitative estimate of drug-likeness (QED) is 0.930. The molecule has 2 heterocycles. The Balaban J connectivity index is 1.54. The lowest BCUT2D eigenvalue weighted by atomic mass is 9.94. The number of aromatic amines is 1. The average Bonchev–Trinajstić information content (AvgIpc) is 3.03. The number of piperidine rings is 1. The summed E-state index contributed by atoms with van der Waals surface area (Å²) in [5.74, 6) is 0.748. The second-order valence-electron chi connectivity index (χ2n) is 5.32. The normalized spacial score (nSPS) is 16.3. The number of benzene rings is 1. The monoisotopic (exact) mass is 269 g/mol. The molecule has 4 nitrogen and oxygen atoms in total. The summed E-state index contributed by atoms with van der Waals surface area (Å²) in [6.45, 7) is 1.69. The van der Waals surface area contributed by atoms with Gasteiger partial charge in [-0.2, -0.15) is 0 Å². The highest BCUT2D eigenvalue weighted by Crippen LogP contribution is 2.26. The number of amides is 1. The van der Waals surface area contributed by atoms with Crippen molar-refractivity contribution in [3.05, 3.63) is 54.1 Å². The van der Waals surface area contributed by atoms with Gasteiger partial charge in [0.25, 0.3) is 0 Å². The van der Waals surface area contributed by atoms with E-state index in [1.54, 1.807) is 6.33 Å². The molecule has 2 aromatic rings. The molecule has 4 heteroatoms. The first-order chi connectivity index (χ1) is 9.83. The number of hydrogen-bond donors (Lipinski definition) is 1. The van der Waals surface area contributed by atoms with Gasteiger partial charge in [-0.3, -0.25) is 4.79 Å². The summed E-state index contributed by atoms with van der Waals surface area (Å²) in [7, 11) is 0. The third-order valence-electron chi connectivity index (χ3n) is 4.01. The predicted molar refractivity (Wildman–Crippen MR) is 77.3 cm³/mol. The van der Waals surface area contributed by atoms with Crippen molar-refractivity contribution in [1.82, 2.24) is 14.9 Å². The lowest BCUT2D eigenvalue weighted by Crippen LogP contribution is -2.38. The zero-order valence-corrected chi connectivity index (χ0v) is 11.5. The van der Waals surface area contributed by atoms with Crippen molar-refractivity contribution in [3.63, 3.8) is 0 Å². The molecule has 1 saturated heterocycles. The Labute approximate surface area is 118 Å². The number of nitrogens with zero attached hydrogens (tertiary/aromatic N) is 2. The molecule has 0 spiro atoms. The first kappa shape index (κ1) is 12.9. The van der Waals surface area contributed by atoms with Crippen LogP contribution >= 0.6 is 0 Å². The van der Waals surface area contributed by atoms with Gasteiger partial charge in [0, 0.05) is 30.9 Å². The molecule has 1 fully saturated rings. The van der Waals surface area contributed by atoms with Crippen LogP contribution < -0.4 is 0 Å². The third kappa shape index (κ3) is 2.90. The number of aromatic nitrogens is 2. The molecule has 3 rings (SSSR count). The topological polar surface area (TPSA) is 49.0 Å². The van der Waals surface area contributed by atoms with Crippen LogP contribution in [0.4, 0.5) is 0 Å². The van der Waals surface area contributed by atoms with Gasteiger partial charge in [-0.25, -0.2) is 4.98 Å².